The molecule has 6 nitrogen and oxygen atoms in total. The lowest BCUT2D eigenvalue weighted by Crippen LogP contribution is -2.45. The topological polar surface area (TPSA) is 69.7 Å². The van der Waals surface area contributed by atoms with Crippen molar-refractivity contribution in [3.05, 3.63) is 34.9 Å². The fourth-order valence-corrected chi connectivity index (χ4v) is 3.74. The monoisotopic (exact) mass is 357 g/mol. The summed E-state index contributed by atoms with van der Waals surface area (Å²) in [5, 5.41) is 3.05. The molecule has 140 valence electrons. The van der Waals surface area contributed by atoms with Gasteiger partial charge in [0, 0.05) is 32.1 Å². The molecule has 0 aromatic heterocycles. The highest BCUT2D eigenvalue weighted by Gasteiger charge is 2.35. The Morgan fingerprint density at radius 2 is 1.81 bits per heavy atom. The van der Waals surface area contributed by atoms with Crippen molar-refractivity contribution in [1.29, 1.82) is 0 Å². The lowest BCUT2D eigenvalue weighted by atomic mass is 10.0. The highest BCUT2D eigenvalue weighted by atomic mass is 16.2. The van der Waals surface area contributed by atoms with Gasteiger partial charge in [-0.1, -0.05) is 18.6 Å². The quantitative estimate of drug-likeness (QED) is 0.791. The number of likely N-dealkylation sites (tertiary alicyclic amines) is 1. The number of fused-ring (bicyclic) bond motifs is 1. The zero-order valence-corrected chi connectivity index (χ0v) is 15.6. The van der Waals surface area contributed by atoms with E-state index in [9.17, 15) is 14.4 Å². The first-order chi connectivity index (χ1) is 12.5. The van der Waals surface area contributed by atoms with E-state index in [1.54, 1.807) is 12.1 Å². The molecule has 0 unspecified atom stereocenters. The van der Waals surface area contributed by atoms with Crippen molar-refractivity contribution in [3.8, 4) is 0 Å². The third kappa shape index (κ3) is 3.96. The van der Waals surface area contributed by atoms with E-state index in [4.69, 9.17) is 0 Å². The first kappa shape index (κ1) is 18.6. The molecule has 2 aliphatic rings. The van der Waals surface area contributed by atoms with Gasteiger partial charge in [-0.05, 0) is 44.9 Å². The average molecular weight is 357 g/mol. The van der Waals surface area contributed by atoms with Crippen LogP contribution in [0.2, 0.25) is 0 Å². The summed E-state index contributed by atoms with van der Waals surface area (Å²) < 4.78 is 0. The van der Waals surface area contributed by atoms with E-state index in [2.05, 4.69) is 17.1 Å². The molecule has 0 radical (unpaired) electrons. The summed E-state index contributed by atoms with van der Waals surface area (Å²) in [6.07, 6.45) is 3.21. The molecule has 1 fully saturated rings. The van der Waals surface area contributed by atoms with Crippen molar-refractivity contribution >= 4 is 17.7 Å². The Balaban J connectivity index is 1.48. The number of imide groups is 1. The summed E-state index contributed by atoms with van der Waals surface area (Å²) in [5.74, 6) is -0.688. The van der Waals surface area contributed by atoms with Gasteiger partial charge in [-0.15, -0.1) is 0 Å². The molecule has 0 spiro atoms. The number of aryl methyl sites for hydroxylation is 1. The smallest absolute Gasteiger partial charge is 0.261 e. The van der Waals surface area contributed by atoms with Crippen LogP contribution >= 0.6 is 0 Å². The van der Waals surface area contributed by atoms with E-state index in [-0.39, 0.29) is 36.7 Å². The maximum atomic E-state index is 12.4. The summed E-state index contributed by atoms with van der Waals surface area (Å²) in [6.45, 7) is 7.33. The van der Waals surface area contributed by atoms with Gasteiger partial charge in [0.15, 0.2) is 0 Å². The number of hydrogen-bond donors (Lipinski definition) is 1. The normalized spacial score (nSPS) is 18.3. The van der Waals surface area contributed by atoms with Crippen molar-refractivity contribution in [2.45, 2.75) is 45.6 Å². The zero-order chi connectivity index (χ0) is 18.7. The van der Waals surface area contributed by atoms with Gasteiger partial charge in [-0.25, -0.2) is 0 Å². The molecule has 1 saturated heterocycles. The van der Waals surface area contributed by atoms with Crippen LogP contribution in [-0.2, 0) is 4.79 Å². The Kier molecular flexibility index (Phi) is 5.71. The summed E-state index contributed by atoms with van der Waals surface area (Å²) in [6, 6.07) is 5.44. The molecule has 0 atom stereocenters. The van der Waals surface area contributed by atoms with Crippen molar-refractivity contribution in [2.24, 2.45) is 0 Å². The second-order valence-electron chi connectivity index (χ2n) is 7.24. The highest BCUT2D eigenvalue weighted by Crippen LogP contribution is 2.24. The minimum Gasteiger partial charge on any atom is -0.353 e. The third-order valence-corrected chi connectivity index (χ3v) is 5.18. The predicted molar refractivity (Wildman–Crippen MR) is 99.1 cm³/mol. The number of nitrogens with one attached hydrogen (secondary N) is 1. The number of carbonyl (C=O) groups excluding carboxylic acids is 3. The van der Waals surface area contributed by atoms with Gasteiger partial charge in [0.25, 0.3) is 11.8 Å². The lowest BCUT2D eigenvalue weighted by Gasteiger charge is -2.32. The van der Waals surface area contributed by atoms with Crippen LogP contribution in [-0.4, -0.2) is 59.7 Å². The molecule has 0 saturated carbocycles. The van der Waals surface area contributed by atoms with E-state index < -0.39 is 0 Å². The van der Waals surface area contributed by atoms with Crippen LogP contribution in [0.5, 0.6) is 0 Å². The molecule has 26 heavy (non-hydrogen) atoms. The minimum atomic E-state index is -0.300. The number of piperidine rings is 1. The summed E-state index contributed by atoms with van der Waals surface area (Å²) in [7, 11) is 0. The number of nitrogens with zero attached hydrogens (tertiary/aromatic N) is 2. The van der Waals surface area contributed by atoms with Crippen molar-refractivity contribution in [3.63, 3.8) is 0 Å². The van der Waals surface area contributed by atoms with Crippen LogP contribution in [0.4, 0.5) is 0 Å². The maximum Gasteiger partial charge on any atom is 0.261 e. The maximum absolute atomic E-state index is 12.4. The van der Waals surface area contributed by atoms with Crippen LogP contribution in [0.15, 0.2) is 18.2 Å². The summed E-state index contributed by atoms with van der Waals surface area (Å²) in [4.78, 5) is 40.7. The van der Waals surface area contributed by atoms with Crippen LogP contribution in [0, 0.1) is 6.92 Å². The molecule has 1 aromatic rings. The standard InChI is InChI=1S/C20H27N3O3/c1-3-9-22-10-6-15(7-11-22)21-18(24)8-12-23-19(25)16-5-4-14(2)13-17(16)20(23)26/h4-5,13,15H,3,6-12H2,1-2H3,(H,21,24). The van der Waals surface area contributed by atoms with Crippen molar-refractivity contribution in [1.82, 2.24) is 15.1 Å². The predicted octanol–water partition coefficient (Wildman–Crippen LogP) is 1.97. The van der Waals surface area contributed by atoms with Gasteiger partial charge in [0.1, 0.15) is 0 Å². The number of carbonyl (C=O) groups is 3. The van der Waals surface area contributed by atoms with Gasteiger partial charge >= 0.3 is 0 Å². The molecular formula is C20H27N3O3. The molecule has 0 bridgehead atoms. The minimum absolute atomic E-state index is 0.0910. The van der Waals surface area contributed by atoms with E-state index in [1.807, 2.05) is 13.0 Å². The molecule has 6 heteroatoms. The Hall–Kier alpha value is -2.21. The summed E-state index contributed by atoms with van der Waals surface area (Å²) in [5.41, 5.74) is 1.82. The summed E-state index contributed by atoms with van der Waals surface area (Å²) >= 11 is 0. The largest absolute Gasteiger partial charge is 0.353 e. The second kappa shape index (κ2) is 7.99. The van der Waals surface area contributed by atoms with Crippen LogP contribution < -0.4 is 5.32 Å². The van der Waals surface area contributed by atoms with Crippen molar-refractivity contribution < 1.29 is 14.4 Å². The van der Waals surface area contributed by atoms with Gasteiger partial charge < -0.3 is 10.2 Å². The first-order valence-electron chi connectivity index (χ1n) is 9.48. The molecule has 3 amide bonds. The van der Waals surface area contributed by atoms with E-state index >= 15 is 0 Å². The molecule has 3 rings (SSSR count). The van der Waals surface area contributed by atoms with Crippen LogP contribution in [0.1, 0.15) is 58.9 Å². The molecule has 1 N–H and O–H groups in total. The molecule has 0 aliphatic carbocycles. The molecular weight excluding hydrogens is 330 g/mol. The van der Waals surface area contributed by atoms with Crippen molar-refractivity contribution in [2.75, 3.05) is 26.2 Å². The third-order valence-electron chi connectivity index (χ3n) is 5.18. The van der Waals surface area contributed by atoms with E-state index in [0.717, 1.165) is 44.5 Å². The number of benzene rings is 1. The van der Waals surface area contributed by atoms with Crippen LogP contribution in [0.25, 0.3) is 0 Å². The first-order valence-corrected chi connectivity index (χ1v) is 9.48. The fraction of sp³-hybridized carbons (Fsp3) is 0.550. The van der Waals surface area contributed by atoms with Gasteiger partial charge in [-0.2, -0.15) is 0 Å². The SMILES string of the molecule is CCCN1CCC(NC(=O)CCN2C(=O)c3ccc(C)cc3C2=O)CC1. The zero-order valence-electron chi connectivity index (χ0n) is 15.6. The average Bonchev–Trinajstić information content (AvgIpc) is 2.85. The molecule has 1 aromatic carbocycles. The van der Waals surface area contributed by atoms with E-state index in [0.29, 0.717) is 11.1 Å². The van der Waals surface area contributed by atoms with Gasteiger partial charge in [0.05, 0.1) is 11.1 Å². The Bertz CT molecular complexity index is 708. The number of amides is 3. The van der Waals surface area contributed by atoms with Gasteiger partial charge in [-0.3, -0.25) is 19.3 Å². The molecule has 2 aliphatic heterocycles. The number of hydrogen-bond acceptors (Lipinski definition) is 4. The van der Waals surface area contributed by atoms with Gasteiger partial charge in [0.2, 0.25) is 5.91 Å². The molecule has 2 heterocycles. The van der Waals surface area contributed by atoms with Crippen LogP contribution in [0.3, 0.4) is 0 Å². The number of rotatable bonds is 6. The second-order valence-corrected chi connectivity index (χ2v) is 7.24. The fourth-order valence-electron chi connectivity index (χ4n) is 3.74. The highest BCUT2D eigenvalue weighted by molar-refractivity contribution is 6.21. The Labute approximate surface area is 154 Å². The Morgan fingerprint density at radius 1 is 1.12 bits per heavy atom. The lowest BCUT2D eigenvalue weighted by molar-refractivity contribution is -0.122. The Morgan fingerprint density at radius 3 is 2.50 bits per heavy atom. The van der Waals surface area contributed by atoms with E-state index in [1.165, 1.54) is 4.90 Å².